The first-order valence-electron chi connectivity index (χ1n) is 7.28. The predicted molar refractivity (Wildman–Crippen MR) is 86.9 cm³/mol. The fourth-order valence-electron chi connectivity index (χ4n) is 2.47. The van der Waals surface area contributed by atoms with Gasteiger partial charge in [-0.15, -0.1) is 0 Å². The average molecular weight is 268 g/mol. The van der Waals surface area contributed by atoms with Crippen molar-refractivity contribution in [3.8, 4) is 0 Å². The maximum Gasteiger partial charge on any atom is 0.0574 e. The van der Waals surface area contributed by atoms with Crippen LogP contribution in [0.25, 0.3) is 0 Å². The minimum Gasteiger partial charge on any atom is -0.399 e. The molecule has 0 saturated carbocycles. The van der Waals surface area contributed by atoms with Crippen molar-refractivity contribution in [2.75, 3.05) is 12.8 Å². The number of benzene rings is 2. The molecule has 0 aliphatic carbocycles. The number of nitrogens with two attached hydrogens (primary N) is 1. The highest BCUT2D eigenvalue weighted by Gasteiger charge is 2.12. The molecular weight excluding hydrogens is 244 g/mol. The van der Waals surface area contributed by atoms with Gasteiger partial charge >= 0.3 is 0 Å². The van der Waals surface area contributed by atoms with E-state index in [1.807, 2.05) is 19.2 Å². The van der Waals surface area contributed by atoms with Crippen LogP contribution < -0.4 is 11.1 Å². The third-order valence-electron chi connectivity index (χ3n) is 4.01. The fourth-order valence-corrected chi connectivity index (χ4v) is 2.47. The van der Waals surface area contributed by atoms with Gasteiger partial charge in [0.05, 0.1) is 6.04 Å². The summed E-state index contributed by atoms with van der Waals surface area (Å²) in [5, 5.41) is 3.38. The molecule has 0 fully saturated rings. The molecule has 2 aromatic rings. The lowest BCUT2D eigenvalue weighted by atomic mass is 9.93. The van der Waals surface area contributed by atoms with E-state index >= 15 is 0 Å². The Morgan fingerprint density at radius 2 is 1.35 bits per heavy atom. The molecule has 0 aliphatic rings. The molecule has 106 valence electrons. The van der Waals surface area contributed by atoms with Crippen LogP contribution in [0.5, 0.6) is 0 Å². The number of nitrogens with one attached hydrogen (secondary N) is 1. The van der Waals surface area contributed by atoms with Gasteiger partial charge in [-0.05, 0) is 48.2 Å². The highest BCUT2D eigenvalue weighted by atomic mass is 14.9. The van der Waals surface area contributed by atoms with Crippen LogP contribution in [-0.4, -0.2) is 7.05 Å². The molecule has 2 aromatic carbocycles. The zero-order valence-corrected chi connectivity index (χ0v) is 12.6. The number of rotatable bonds is 5. The molecule has 0 aliphatic heterocycles. The van der Waals surface area contributed by atoms with Gasteiger partial charge in [-0.1, -0.05) is 50.2 Å². The Balaban J connectivity index is 2.25. The van der Waals surface area contributed by atoms with Crippen LogP contribution >= 0.6 is 0 Å². The number of hydrogen-bond acceptors (Lipinski definition) is 2. The standard InChI is InChI=1S/C18H24N2/c1-4-13(2)14-5-7-15(8-6-14)18(20-3)16-9-11-17(19)12-10-16/h5-13,18,20H,4,19H2,1-3H3. The summed E-state index contributed by atoms with van der Waals surface area (Å²) >= 11 is 0. The Hall–Kier alpha value is -1.80. The molecule has 0 amide bonds. The lowest BCUT2D eigenvalue weighted by Gasteiger charge is -2.18. The van der Waals surface area contributed by atoms with Gasteiger partial charge in [0.25, 0.3) is 0 Å². The van der Waals surface area contributed by atoms with Crippen LogP contribution in [-0.2, 0) is 0 Å². The second kappa shape index (κ2) is 6.58. The second-order valence-electron chi connectivity index (χ2n) is 5.36. The molecule has 2 heteroatoms. The summed E-state index contributed by atoms with van der Waals surface area (Å²) < 4.78 is 0. The molecule has 0 spiro atoms. The van der Waals surface area contributed by atoms with Gasteiger partial charge in [-0.2, -0.15) is 0 Å². The fraction of sp³-hybridized carbons (Fsp3) is 0.333. The maximum atomic E-state index is 5.76. The Morgan fingerprint density at radius 1 is 0.900 bits per heavy atom. The van der Waals surface area contributed by atoms with Gasteiger partial charge in [0.15, 0.2) is 0 Å². The van der Waals surface area contributed by atoms with E-state index in [4.69, 9.17) is 5.73 Å². The molecule has 0 radical (unpaired) electrons. The van der Waals surface area contributed by atoms with E-state index in [0.29, 0.717) is 5.92 Å². The van der Waals surface area contributed by atoms with E-state index in [1.54, 1.807) is 0 Å². The second-order valence-corrected chi connectivity index (χ2v) is 5.36. The van der Waals surface area contributed by atoms with Crippen molar-refractivity contribution < 1.29 is 0 Å². The van der Waals surface area contributed by atoms with Gasteiger partial charge < -0.3 is 11.1 Å². The van der Waals surface area contributed by atoms with Gasteiger partial charge in [0.1, 0.15) is 0 Å². The third-order valence-corrected chi connectivity index (χ3v) is 4.01. The summed E-state index contributed by atoms with van der Waals surface area (Å²) in [5.41, 5.74) is 10.5. The predicted octanol–water partition coefficient (Wildman–Crippen LogP) is 4.09. The van der Waals surface area contributed by atoms with Crippen LogP contribution in [0.4, 0.5) is 5.69 Å². The molecule has 0 bridgehead atoms. The van der Waals surface area contributed by atoms with Crippen molar-refractivity contribution in [3.63, 3.8) is 0 Å². The van der Waals surface area contributed by atoms with Gasteiger partial charge in [-0.25, -0.2) is 0 Å². The first-order valence-corrected chi connectivity index (χ1v) is 7.28. The van der Waals surface area contributed by atoms with Crippen LogP contribution in [0.1, 0.15) is 48.9 Å². The first-order chi connectivity index (χ1) is 9.65. The van der Waals surface area contributed by atoms with Crippen molar-refractivity contribution in [1.82, 2.24) is 5.32 Å². The van der Waals surface area contributed by atoms with E-state index in [0.717, 1.165) is 5.69 Å². The largest absolute Gasteiger partial charge is 0.399 e. The molecule has 2 unspecified atom stereocenters. The zero-order valence-electron chi connectivity index (χ0n) is 12.6. The monoisotopic (exact) mass is 268 g/mol. The van der Waals surface area contributed by atoms with Crippen molar-refractivity contribution in [2.45, 2.75) is 32.2 Å². The lowest BCUT2D eigenvalue weighted by Crippen LogP contribution is -2.17. The summed E-state index contributed by atoms with van der Waals surface area (Å²) in [6.07, 6.45) is 1.17. The Labute approximate surface area is 122 Å². The normalized spacial score (nSPS) is 13.9. The maximum absolute atomic E-state index is 5.76. The molecule has 0 saturated heterocycles. The highest BCUT2D eigenvalue weighted by Crippen LogP contribution is 2.25. The molecule has 2 atom stereocenters. The van der Waals surface area contributed by atoms with Gasteiger partial charge in [0, 0.05) is 5.69 Å². The number of anilines is 1. The third kappa shape index (κ3) is 3.20. The Morgan fingerprint density at radius 3 is 1.80 bits per heavy atom. The molecule has 0 heterocycles. The quantitative estimate of drug-likeness (QED) is 0.801. The lowest BCUT2D eigenvalue weighted by molar-refractivity contribution is 0.688. The summed E-state index contributed by atoms with van der Waals surface area (Å²) in [4.78, 5) is 0. The topological polar surface area (TPSA) is 38.0 Å². The summed E-state index contributed by atoms with van der Waals surface area (Å²) in [7, 11) is 1.99. The average Bonchev–Trinajstić information content (AvgIpc) is 2.50. The van der Waals surface area contributed by atoms with Crippen molar-refractivity contribution in [2.24, 2.45) is 0 Å². The number of hydrogen-bond donors (Lipinski definition) is 2. The van der Waals surface area contributed by atoms with Crippen LogP contribution in [0.3, 0.4) is 0 Å². The SMILES string of the molecule is CCC(C)c1ccc(C(NC)c2ccc(N)cc2)cc1. The molecule has 2 rings (SSSR count). The van der Waals surface area contributed by atoms with E-state index in [-0.39, 0.29) is 6.04 Å². The first kappa shape index (κ1) is 14.6. The van der Waals surface area contributed by atoms with Crippen molar-refractivity contribution >= 4 is 5.69 Å². The Kier molecular flexibility index (Phi) is 4.80. The summed E-state index contributed by atoms with van der Waals surface area (Å²) in [6, 6.07) is 17.2. The van der Waals surface area contributed by atoms with Gasteiger partial charge in [-0.3, -0.25) is 0 Å². The number of nitrogen functional groups attached to an aromatic ring is 1. The molecular formula is C18H24N2. The molecule has 0 aromatic heterocycles. The van der Waals surface area contributed by atoms with E-state index in [1.165, 1.54) is 23.1 Å². The Bertz CT molecular complexity index is 528. The molecule has 20 heavy (non-hydrogen) atoms. The van der Waals surface area contributed by atoms with Crippen LogP contribution in [0.15, 0.2) is 48.5 Å². The summed E-state index contributed by atoms with van der Waals surface area (Å²) in [5.74, 6) is 0.619. The van der Waals surface area contributed by atoms with Crippen molar-refractivity contribution in [1.29, 1.82) is 0 Å². The smallest absolute Gasteiger partial charge is 0.0574 e. The van der Waals surface area contributed by atoms with Crippen LogP contribution in [0, 0.1) is 0 Å². The van der Waals surface area contributed by atoms with Crippen molar-refractivity contribution in [3.05, 3.63) is 65.2 Å². The van der Waals surface area contributed by atoms with E-state index in [2.05, 4.69) is 55.6 Å². The summed E-state index contributed by atoms with van der Waals surface area (Å²) in [6.45, 7) is 4.49. The van der Waals surface area contributed by atoms with Crippen LogP contribution in [0.2, 0.25) is 0 Å². The van der Waals surface area contributed by atoms with E-state index in [9.17, 15) is 0 Å². The minimum absolute atomic E-state index is 0.210. The van der Waals surface area contributed by atoms with E-state index < -0.39 is 0 Å². The highest BCUT2D eigenvalue weighted by molar-refractivity contribution is 5.42. The zero-order chi connectivity index (χ0) is 14.5. The van der Waals surface area contributed by atoms with Gasteiger partial charge in [0.2, 0.25) is 0 Å². The molecule has 2 nitrogen and oxygen atoms in total. The molecule has 3 N–H and O–H groups in total. The minimum atomic E-state index is 0.210.